The molecule has 15 heteroatoms. The molecule has 35 heavy (non-hydrogen) atoms. The van der Waals surface area contributed by atoms with Gasteiger partial charge < -0.3 is 30.3 Å². The van der Waals surface area contributed by atoms with Gasteiger partial charge in [-0.2, -0.15) is 18.2 Å². The maximum atomic E-state index is 13.1. The number of aliphatic hydroxyl groups excluding tert-OH is 1. The van der Waals surface area contributed by atoms with Gasteiger partial charge in [-0.3, -0.25) is 0 Å². The van der Waals surface area contributed by atoms with Crippen LogP contribution in [0.1, 0.15) is 17.5 Å². The third-order valence-electron chi connectivity index (χ3n) is 5.71. The Bertz CT molecular complexity index is 1150. The molecule has 4 N–H and O–H groups in total. The third-order valence-corrected chi connectivity index (χ3v) is 6.74. The fourth-order valence-corrected chi connectivity index (χ4v) is 4.93. The summed E-state index contributed by atoms with van der Waals surface area (Å²) in [5.74, 6) is 0.0411. The van der Waals surface area contributed by atoms with Crippen molar-refractivity contribution in [2.75, 3.05) is 25.1 Å². The summed E-state index contributed by atoms with van der Waals surface area (Å²) in [6, 6.07) is 3.07. The molecule has 2 aliphatic rings. The maximum absolute atomic E-state index is 13.1. The van der Waals surface area contributed by atoms with Gasteiger partial charge in [-0.1, -0.05) is 12.1 Å². The number of fused-ring (bicyclic) bond motifs is 1. The largest absolute Gasteiger partial charge is 0.479 e. The smallest absolute Gasteiger partial charge is 0.416 e. The van der Waals surface area contributed by atoms with Gasteiger partial charge in [0, 0.05) is 13.0 Å². The standard InChI is InChI=1S/C20H20F3N5O6S/c1-33-14-13-15(26-9-25-14)35-18(28(13)16(24)30)34-17(31)27-6-5-19(32,12(29)8-27)10-3-2-4-11(7-10)20(21,22)23/h2-4,7,9,12,18,29,32H,5-6,8H2,1H3,(H2,24,30). The number of aromatic nitrogens is 2. The SMILES string of the molecule is COc1ncnc2c1N(C(N)=O)C(OC(=O)N1CCC(O)(c3cccc(C(F)(F)F)c3)C(O)C1)S2. The molecular weight excluding hydrogens is 495 g/mol. The van der Waals surface area contributed by atoms with E-state index in [2.05, 4.69) is 9.97 Å². The molecule has 188 valence electrons. The minimum absolute atomic E-state index is 0.0411. The van der Waals surface area contributed by atoms with E-state index in [1.165, 1.54) is 19.5 Å². The minimum atomic E-state index is -4.63. The van der Waals surface area contributed by atoms with E-state index in [4.69, 9.17) is 15.2 Å². The molecule has 1 aromatic carbocycles. The van der Waals surface area contributed by atoms with Crippen LogP contribution in [0.2, 0.25) is 0 Å². The Labute approximate surface area is 200 Å². The average molecular weight is 515 g/mol. The van der Waals surface area contributed by atoms with Crippen molar-refractivity contribution in [3.8, 4) is 5.88 Å². The Kier molecular flexibility index (Phi) is 6.42. The van der Waals surface area contributed by atoms with Crippen molar-refractivity contribution in [3.63, 3.8) is 0 Å². The van der Waals surface area contributed by atoms with Crippen molar-refractivity contribution in [1.29, 1.82) is 0 Å². The van der Waals surface area contributed by atoms with Gasteiger partial charge in [0.1, 0.15) is 28.7 Å². The lowest BCUT2D eigenvalue weighted by Gasteiger charge is -2.42. The van der Waals surface area contributed by atoms with Crippen molar-refractivity contribution in [3.05, 3.63) is 41.7 Å². The van der Waals surface area contributed by atoms with Gasteiger partial charge in [-0.25, -0.2) is 19.5 Å². The number of β-amino-alcohol motifs (C(OH)–C–C–N with tert-alkyl or cyclic N) is 1. The Morgan fingerprint density at radius 1 is 1.31 bits per heavy atom. The van der Waals surface area contributed by atoms with Gasteiger partial charge in [-0.05, 0) is 29.5 Å². The maximum Gasteiger partial charge on any atom is 0.416 e. The first-order valence-electron chi connectivity index (χ1n) is 10.1. The normalized spacial score (nSPS) is 24.2. The number of hydrogen-bond donors (Lipinski definition) is 3. The molecule has 1 aromatic heterocycles. The first-order chi connectivity index (χ1) is 16.5. The molecule has 0 bridgehead atoms. The summed E-state index contributed by atoms with van der Waals surface area (Å²) in [6.45, 7) is -0.581. The van der Waals surface area contributed by atoms with E-state index < -0.39 is 47.7 Å². The van der Waals surface area contributed by atoms with Gasteiger partial charge in [-0.15, -0.1) is 0 Å². The minimum Gasteiger partial charge on any atom is -0.479 e. The molecule has 0 spiro atoms. The third kappa shape index (κ3) is 4.53. The van der Waals surface area contributed by atoms with Crippen LogP contribution in [0.5, 0.6) is 5.88 Å². The molecule has 0 radical (unpaired) electrons. The highest BCUT2D eigenvalue weighted by Crippen LogP contribution is 2.46. The number of nitrogens with zero attached hydrogens (tertiary/aromatic N) is 4. The van der Waals surface area contributed by atoms with Crippen LogP contribution in [-0.4, -0.2) is 69.1 Å². The van der Waals surface area contributed by atoms with E-state index >= 15 is 0 Å². The number of carbonyl (C=O) groups excluding carboxylic acids is 2. The second kappa shape index (κ2) is 9.05. The topological polar surface area (TPSA) is 151 Å². The number of anilines is 1. The molecule has 1 fully saturated rings. The number of thioether (sulfide) groups is 1. The highest BCUT2D eigenvalue weighted by Gasteiger charge is 2.46. The van der Waals surface area contributed by atoms with Gasteiger partial charge >= 0.3 is 18.3 Å². The van der Waals surface area contributed by atoms with E-state index in [0.717, 1.165) is 39.8 Å². The van der Waals surface area contributed by atoms with E-state index in [1.54, 1.807) is 0 Å². The lowest BCUT2D eigenvalue weighted by atomic mass is 9.81. The fraction of sp³-hybridized carbons (Fsp3) is 0.400. The lowest BCUT2D eigenvalue weighted by molar-refractivity contribution is -0.138. The van der Waals surface area contributed by atoms with Crippen molar-refractivity contribution in [2.24, 2.45) is 5.73 Å². The molecule has 1 saturated heterocycles. The summed E-state index contributed by atoms with van der Waals surface area (Å²) in [6.07, 6.45) is -6.25. The summed E-state index contributed by atoms with van der Waals surface area (Å²) >= 11 is 0.902. The summed E-state index contributed by atoms with van der Waals surface area (Å²) in [7, 11) is 1.33. The quantitative estimate of drug-likeness (QED) is 0.520. The number of urea groups is 1. The number of halogens is 3. The molecule has 2 aliphatic heterocycles. The molecule has 3 unspecified atom stereocenters. The summed E-state index contributed by atoms with van der Waals surface area (Å²) < 4.78 is 49.8. The molecule has 3 heterocycles. The van der Waals surface area contributed by atoms with E-state index in [9.17, 15) is 33.0 Å². The van der Waals surface area contributed by atoms with Gasteiger partial charge in [0.2, 0.25) is 11.4 Å². The highest BCUT2D eigenvalue weighted by atomic mass is 32.2. The highest BCUT2D eigenvalue weighted by molar-refractivity contribution is 8.00. The van der Waals surface area contributed by atoms with Crippen LogP contribution in [-0.2, 0) is 16.5 Å². The number of alkyl halides is 3. The number of benzene rings is 1. The van der Waals surface area contributed by atoms with Crippen molar-refractivity contribution >= 4 is 29.6 Å². The van der Waals surface area contributed by atoms with E-state index in [0.29, 0.717) is 0 Å². The molecule has 11 nitrogen and oxygen atoms in total. The van der Waals surface area contributed by atoms with Crippen LogP contribution < -0.4 is 15.4 Å². The Hall–Kier alpha value is -3.30. The van der Waals surface area contributed by atoms with E-state index in [-0.39, 0.29) is 35.1 Å². The fourth-order valence-electron chi connectivity index (χ4n) is 3.88. The second-order valence-corrected chi connectivity index (χ2v) is 8.79. The van der Waals surface area contributed by atoms with Crippen molar-refractivity contribution < 1.29 is 42.4 Å². The Morgan fingerprint density at radius 2 is 2.06 bits per heavy atom. The van der Waals surface area contributed by atoms with Crippen LogP contribution >= 0.6 is 11.8 Å². The first kappa shape index (κ1) is 24.8. The number of hydrogen-bond acceptors (Lipinski definition) is 9. The van der Waals surface area contributed by atoms with Gasteiger partial charge in [0.15, 0.2) is 0 Å². The average Bonchev–Trinajstić information content (AvgIpc) is 3.18. The van der Waals surface area contributed by atoms with Crippen LogP contribution in [0, 0.1) is 0 Å². The van der Waals surface area contributed by atoms with Crippen LogP contribution in [0.15, 0.2) is 35.6 Å². The Morgan fingerprint density at radius 3 is 2.69 bits per heavy atom. The second-order valence-electron chi connectivity index (χ2n) is 7.77. The monoisotopic (exact) mass is 515 g/mol. The van der Waals surface area contributed by atoms with Crippen LogP contribution in [0.4, 0.5) is 28.4 Å². The number of ether oxygens (including phenoxy) is 2. The summed E-state index contributed by atoms with van der Waals surface area (Å²) in [5, 5.41) is 21.9. The zero-order valence-electron chi connectivity index (χ0n) is 18.1. The number of primary amides is 1. The van der Waals surface area contributed by atoms with Crippen LogP contribution in [0.3, 0.4) is 0 Å². The molecule has 3 amide bonds. The number of carbonyl (C=O) groups is 2. The number of methoxy groups -OCH3 is 1. The number of nitrogens with two attached hydrogens (primary N) is 1. The molecule has 0 saturated carbocycles. The summed E-state index contributed by atoms with van der Waals surface area (Å²) in [5.41, 5.74) is 1.22. The number of likely N-dealkylation sites (tertiary alicyclic amines) is 1. The predicted molar refractivity (Wildman–Crippen MR) is 114 cm³/mol. The first-order valence-corrected chi connectivity index (χ1v) is 11.0. The van der Waals surface area contributed by atoms with Gasteiger partial charge in [0.05, 0.1) is 19.2 Å². The number of amides is 3. The predicted octanol–water partition coefficient (Wildman–Crippen LogP) is 1.87. The molecular formula is C20H20F3N5O6S. The molecule has 2 aromatic rings. The molecule has 4 rings (SSSR count). The Balaban J connectivity index is 1.48. The zero-order chi connectivity index (χ0) is 25.5. The zero-order valence-corrected chi connectivity index (χ0v) is 18.9. The van der Waals surface area contributed by atoms with Crippen molar-refractivity contribution in [1.82, 2.24) is 14.9 Å². The van der Waals surface area contributed by atoms with Crippen LogP contribution in [0.25, 0.3) is 0 Å². The summed E-state index contributed by atoms with van der Waals surface area (Å²) in [4.78, 5) is 34.8. The van der Waals surface area contributed by atoms with Gasteiger partial charge in [0.25, 0.3) is 0 Å². The van der Waals surface area contributed by atoms with Crippen molar-refractivity contribution in [2.45, 2.75) is 34.9 Å². The molecule has 3 atom stereocenters. The molecule has 0 aliphatic carbocycles. The number of aliphatic hydroxyl groups is 2. The number of rotatable bonds is 3. The lowest BCUT2D eigenvalue weighted by Crippen LogP contribution is -2.56. The van der Waals surface area contributed by atoms with E-state index in [1.807, 2.05) is 0 Å². The number of piperidine rings is 1.